The maximum atomic E-state index is 13.2. The highest BCUT2D eigenvalue weighted by Gasteiger charge is 2.38. The SMILES string of the molecule is Nc1c(Cl)cc(S(=O)(=O)N[C@@H](CCCNc2ncc[nH]2)C(=O)N2CCCC2C(=O)O)cc1Cl. The van der Waals surface area contributed by atoms with E-state index in [2.05, 4.69) is 20.0 Å². The van der Waals surface area contributed by atoms with Gasteiger partial charge in [0.25, 0.3) is 0 Å². The van der Waals surface area contributed by atoms with Crippen molar-refractivity contribution in [1.29, 1.82) is 0 Å². The second kappa shape index (κ2) is 10.6. The van der Waals surface area contributed by atoms with Gasteiger partial charge in [-0.25, -0.2) is 18.2 Å². The quantitative estimate of drug-likeness (QED) is 0.234. The largest absolute Gasteiger partial charge is 0.480 e. The predicted octanol–water partition coefficient (Wildman–Crippen LogP) is 1.91. The zero-order valence-electron chi connectivity index (χ0n) is 17.4. The van der Waals surface area contributed by atoms with Gasteiger partial charge in [-0.15, -0.1) is 0 Å². The van der Waals surface area contributed by atoms with Gasteiger partial charge in [0.1, 0.15) is 12.1 Å². The number of nitrogen functional groups attached to an aromatic ring is 1. The van der Waals surface area contributed by atoms with E-state index < -0.39 is 34.0 Å². The van der Waals surface area contributed by atoms with E-state index in [-0.39, 0.29) is 33.6 Å². The number of anilines is 2. The molecule has 1 aliphatic rings. The van der Waals surface area contributed by atoms with Crippen molar-refractivity contribution >= 4 is 56.7 Å². The monoisotopic (exact) mass is 518 g/mol. The standard InChI is InChI=1S/C19H24Cl2N6O5S/c20-12-9-11(10-13(21)16(12)22)33(31,32)26-14(3-1-5-23-19-24-6-7-25-19)17(28)27-8-2-4-15(27)18(29)30/h6-7,9-10,14-15,26H,1-5,8,22H2,(H,29,30)(H2,23,24,25)/t14-,15?/m0/s1. The zero-order valence-corrected chi connectivity index (χ0v) is 19.8. The van der Waals surface area contributed by atoms with Gasteiger partial charge in [0.05, 0.1) is 20.6 Å². The van der Waals surface area contributed by atoms with Gasteiger partial charge >= 0.3 is 5.97 Å². The lowest BCUT2D eigenvalue weighted by Crippen LogP contribution is -2.51. The third-order valence-electron chi connectivity index (χ3n) is 5.24. The van der Waals surface area contributed by atoms with E-state index in [9.17, 15) is 23.1 Å². The van der Waals surface area contributed by atoms with Crippen LogP contribution < -0.4 is 15.8 Å². The van der Waals surface area contributed by atoms with Crippen molar-refractivity contribution in [2.45, 2.75) is 42.7 Å². The summed E-state index contributed by atoms with van der Waals surface area (Å²) < 4.78 is 28.4. The topological polar surface area (TPSA) is 171 Å². The molecular formula is C19H24Cl2N6O5S. The maximum absolute atomic E-state index is 13.2. The van der Waals surface area contributed by atoms with Crippen LogP contribution in [-0.2, 0) is 19.6 Å². The molecule has 1 fully saturated rings. The van der Waals surface area contributed by atoms with Crippen LogP contribution >= 0.6 is 23.2 Å². The van der Waals surface area contributed by atoms with Crippen molar-refractivity contribution in [1.82, 2.24) is 19.6 Å². The molecule has 1 aliphatic heterocycles. The average molecular weight is 519 g/mol. The van der Waals surface area contributed by atoms with Crippen LogP contribution in [0.1, 0.15) is 25.7 Å². The fraction of sp³-hybridized carbons (Fsp3) is 0.421. The number of nitrogens with zero attached hydrogens (tertiary/aromatic N) is 2. The van der Waals surface area contributed by atoms with Gasteiger partial charge in [-0.05, 0) is 37.8 Å². The number of carboxylic acids is 1. The Hall–Kier alpha value is -2.54. The average Bonchev–Trinajstić information content (AvgIpc) is 3.45. The molecule has 3 rings (SSSR count). The van der Waals surface area contributed by atoms with Crippen molar-refractivity contribution in [3.05, 3.63) is 34.6 Å². The molecule has 6 N–H and O–H groups in total. The normalized spacial score (nSPS) is 17.2. The minimum Gasteiger partial charge on any atom is -0.480 e. The molecule has 1 aromatic carbocycles. The molecule has 1 unspecified atom stereocenters. The van der Waals surface area contributed by atoms with Crippen LogP contribution in [0.15, 0.2) is 29.4 Å². The first-order chi connectivity index (χ1) is 15.6. The number of nitrogens with one attached hydrogen (secondary N) is 3. The second-order valence-corrected chi connectivity index (χ2v) is 10.0. The van der Waals surface area contributed by atoms with Crippen LogP contribution in [0.25, 0.3) is 0 Å². The van der Waals surface area contributed by atoms with Crippen molar-refractivity contribution in [2.75, 3.05) is 24.1 Å². The summed E-state index contributed by atoms with van der Waals surface area (Å²) in [7, 11) is -4.22. The minimum absolute atomic E-state index is 0.0373. The number of rotatable bonds is 10. The maximum Gasteiger partial charge on any atom is 0.326 e. The Morgan fingerprint density at radius 3 is 2.64 bits per heavy atom. The van der Waals surface area contributed by atoms with Crippen LogP contribution in [0.4, 0.5) is 11.6 Å². The Labute approximate surface area is 200 Å². The van der Waals surface area contributed by atoms with Crippen molar-refractivity contribution in [3.63, 3.8) is 0 Å². The molecule has 2 atom stereocenters. The number of amides is 1. The summed E-state index contributed by atoms with van der Waals surface area (Å²) >= 11 is 11.9. The van der Waals surface area contributed by atoms with Crippen molar-refractivity contribution in [3.8, 4) is 0 Å². The summed E-state index contributed by atoms with van der Waals surface area (Å²) in [6.45, 7) is 0.638. The molecule has 11 nitrogen and oxygen atoms in total. The molecule has 33 heavy (non-hydrogen) atoms. The number of imidazole rings is 1. The summed E-state index contributed by atoms with van der Waals surface area (Å²) in [5, 5.41) is 12.4. The highest BCUT2D eigenvalue weighted by atomic mass is 35.5. The van der Waals surface area contributed by atoms with Gasteiger partial charge in [0.2, 0.25) is 15.9 Å². The van der Waals surface area contributed by atoms with Crippen LogP contribution in [0.3, 0.4) is 0 Å². The number of halogens is 2. The van der Waals surface area contributed by atoms with E-state index in [0.29, 0.717) is 31.8 Å². The van der Waals surface area contributed by atoms with E-state index in [1.54, 1.807) is 12.4 Å². The number of aliphatic carboxylic acids is 1. The van der Waals surface area contributed by atoms with E-state index in [4.69, 9.17) is 28.9 Å². The Morgan fingerprint density at radius 1 is 1.33 bits per heavy atom. The first-order valence-corrected chi connectivity index (χ1v) is 12.4. The Morgan fingerprint density at radius 2 is 2.03 bits per heavy atom. The lowest BCUT2D eigenvalue weighted by molar-refractivity contribution is -0.148. The lowest BCUT2D eigenvalue weighted by Gasteiger charge is -2.27. The Kier molecular flexibility index (Phi) is 8.05. The van der Waals surface area contributed by atoms with Gasteiger partial charge in [-0.2, -0.15) is 4.72 Å². The number of carboxylic acid groups (broad SMARTS) is 1. The highest BCUT2D eigenvalue weighted by molar-refractivity contribution is 7.89. The lowest BCUT2D eigenvalue weighted by atomic mass is 10.1. The summed E-state index contributed by atoms with van der Waals surface area (Å²) in [5.41, 5.74) is 5.72. The van der Waals surface area contributed by atoms with Crippen LogP contribution in [0, 0.1) is 0 Å². The number of carbonyl (C=O) groups is 2. The number of carbonyl (C=O) groups excluding carboxylic acids is 1. The zero-order chi connectivity index (χ0) is 24.2. The molecule has 1 aromatic heterocycles. The molecule has 1 saturated heterocycles. The number of sulfonamides is 1. The van der Waals surface area contributed by atoms with Crippen molar-refractivity contribution < 1.29 is 23.1 Å². The molecule has 180 valence electrons. The van der Waals surface area contributed by atoms with Crippen LogP contribution in [0.5, 0.6) is 0 Å². The number of aromatic nitrogens is 2. The number of hydrogen-bond donors (Lipinski definition) is 5. The summed E-state index contributed by atoms with van der Waals surface area (Å²) in [4.78, 5) is 32.6. The van der Waals surface area contributed by atoms with E-state index >= 15 is 0 Å². The number of aromatic amines is 1. The van der Waals surface area contributed by atoms with Gasteiger partial charge in [-0.1, -0.05) is 23.2 Å². The second-order valence-electron chi connectivity index (χ2n) is 7.51. The summed E-state index contributed by atoms with van der Waals surface area (Å²) in [6.07, 6.45) is 4.56. The van der Waals surface area contributed by atoms with Crippen LogP contribution in [0.2, 0.25) is 10.0 Å². The smallest absolute Gasteiger partial charge is 0.326 e. The fourth-order valence-electron chi connectivity index (χ4n) is 3.57. The molecular weight excluding hydrogens is 495 g/mol. The van der Waals surface area contributed by atoms with E-state index in [0.717, 1.165) is 12.1 Å². The molecule has 0 spiro atoms. The first-order valence-electron chi connectivity index (χ1n) is 10.1. The van der Waals surface area contributed by atoms with Gasteiger partial charge < -0.3 is 26.0 Å². The predicted molar refractivity (Wildman–Crippen MR) is 124 cm³/mol. The van der Waals surface area contributed by atoms with Gasteiger partial charge in [-0.3, -0.25) is 4.79 Å². The molecule has 0 bridgehead atoms. The number of nitrogens with two attached hydrogens (primary N) is 1. The highest BCUT2D eigenvalue weighted by Crippen LogP contribution is 2.31. The molecule has 0 saturated carbocycles. The van der Waals surface area contributed by atoms with Gasteiger partial charge in [0, 0.05) is 25.5 Å². The summed E-state index contributed by atoms with van der Waals surface area (Å²) in [6, 6.07) is 0.0942. The van der Waals surface area contributed by atoms with E-state index in [1.807, 2.05) is 0 Å². The molecule has 1 amide bonds. The Bertz CT molecular complexity index is 1090. The molecule has 2 aromatic rings. The number of H-pyrrole nitrogens is 1. The molecule has 14 heteroatoms. The van der Waals surface area contributed by atoms with Crippen LogP contribution in [-0.4, -0.2) is 65.4 Å². The molecule has 0 aliphatic carbocycles. The summed E-state index contributed by atoms with van der Waals surface area (Å²) in [5.74, 6) is -1.19. The number of benzene rings is 1. The fourth-order valence-corrected chi connectivity index (χ4v) is 5.46. The van der Waals surface area contributed by atoms with Crippen molar-refractivity contribution in [2.24, 2.45) is 0 Å². The third kappa shape index (κ3) is 6.08. The first kappa shape index (κ1) is 25.1. The molecule has 0 radical (unpaired) electrons. The Balaban J connectivity index is 1.79. The molecule has 2 heterocycles. The minimum atomic E-state index is -4.22. The number of hydrogen-bond acceptors (Lipinski definition) is 7. The third-order valence-corrected chi connectivity index (χ3v) is 7.32. The van der Waals surface area contributed by atoms with Gasteiger partial charge in [0.15, 0.2) is 5.95 Å². The van der Waals surface area contributed by atoms with E-state index in [1.165, 1.54) is 4.90 Å². The number of likely N-dealkylation sites (tertiary alicyclic amines) is 1.